The Kier molecular flexibility index (Phi) is 10.6. The van der Waals surface area contributed by atoms with Crippen LogP contribution in [0.15, 0.2) is 23.2 Å². The SMILES string of the molecule is CCNC(=NCc1cccc(OC)c1O)N1CCN(CC(=O)N2CCOCC2)CC1.I. The van der Waals surface area contributed by atoms with E-state index in [0.717, 1.165) is 44.2 Å². The fourth-order valence-electron chi connectivity index (χ4n) is 3.67. The molecule has 2 aliphatic heterocycles. The number of phenolic OH excluding ortho intramolecular Hbond substituents is 1. The van der Waals surface area contributed by atoms with Gasteiger partial charge in [0.05, 0.1) is 33.4 Å². The molecule has 174 valence electrons. The number of morpholine rings is 1. The Morgan fingerprint density at radius 2 is 1.87 bits per heavy atom. The Hall–Kier alpha value is -1.79. The monoisotopic (exact) mass is 547 g/mol. The molecule has 3 rings (SSSR count). The second kappa shape index (κ2) is 12.9. The van der Waals surface area contributed by atoms with Gasteiger partial charge in [0.25, 0.3) is 0 Å². The van der Waals surface area contributed by atoms with E-state index < -0.39 is 0 Å². The first-order valence-electron chi connectivity index (χ1n) is 10.6. The van der Waals surface area contributed by atoms with Crippen LogP contribution in [0, 0.1) is 0 Å². The van der Waals surface area contributed by atoms with Gasteiger partial charge in [-0.3, -0.25) is 9.69 Å². The number of phenols is 1. The van der Waals surface area contributed by atoms with E-state index in [1.54, 1.807) is 6.07 Å². The first kappa shape index (κ1) is 25.5. The minimum absolute atomic E-state index is 0. The van der Waals surface area contributed by atoms with Crippen molar-refractivity contribution in [2.75, 3.05) is 72.7 Å². The smallest absolute Gasteiger partial charge is 0.236 e. The fraction of sp³-hybridized carbons (Fsp3) is 0.619. The highest BCUT2D eigenvalue weighted by Crippen LogP contribution is 2.29. The molecule has 2 aliphatic rings. The van der Waals surface area contributed by atoms with Crippen LogP contribution in [0.4, 0.5) is 0 Å². The zero-order valence-electron chi connectivity index (χ0n) is 18.4. The molecule has 2 N–H and O–H groups in total. The second-order valence-electron chi connectivity index (χ2n) is 7.39. The van der Waals surface area contributed by atoms with Crippen molar-refractivity contribution in [2.45, 2.75) is 13.5 Å². The molecule has 0 atom stereocenters. The molecule has 31 heavy (non-hydrogen) atoms. The van der Waals surface area contributed by atoms with Crippen LogP contribution in [0.3, 0.4) is 0 Å². The van der Waals surface area contributed by atoms with Crippen molar-refractivity contribution in [3.8, 4) is 11.5 Å². The van der Waals surface area contributed by atoms with E-state index in [-0.39, 0.29) is 35.6 Å². The van der Waals surface area contributed by atoms with Gasteiger partial charge in [-0.15, -0.1) is 24.0 Å². The average molecular weight is 547 g/mol. The van der Waals surface area contributed by atoms with Gasteiger partial charge in [-0.2, -0.15) is 0 Å². The van der Waals surface area contributed by atoms with Crippen LogP contribution in [0.5, 0.6) is 11.5 Å². The van der Waals surface area contributed by atoms with Crippen molar-refractivity contribution in [1.82, 2.24) is 20.0 Å². The normalized spacial score (nSPS) is 17.8. The van der Waals surface area contributed by atoms with Gasteiger partial charge in [0, 0.05) is 51.4 Å². The number of methoxy groups -OCH3 is 1. The Balaban J connectivity index is 0.00000341. The van der Waals surface area contributed by atoms with Crippen molar-refractivity contribution >= 4 is 35.8 Å². The third kappa shape index (κ3) is 7.11. The Labute approximate surface area is 201 Å². The van der Waals surface area contributed by atoms with E-state index >= 15 is 0 Å². The predicted octanol–water partition coefficient (Wildman–Crippen LogP) is 0.961. The molecule has 1 amide bonds. The van der Waals surface area contributed by atoms with Gasteiger partial charge >= 0.3 is 0 Å². The number of carbonyl (C=O) groups excluding carboxylic acids is 1. The van der Waals surface area contributed by atoms with Gasteiger partial charge < -0.3 is 29.7 Å². The van der Waals surface area contributed by atoms with Gasteiger partial charge in [-0.25, -0.2) is 4.99 Å². The molecule has 2 saturated heterocycles. The summed E-state index contributed by atoms with van der Waals surface area (Å²) in [5, 5.41) is 13.6. The lowest BCUT2D eigenvalue weighted by Crippen LogP contribution is -2.54. The third-order valence-corrected chi connectivity index (χ3v) is 5.43. The van der Waals surface area contributed by atoms with E-state index in [1.807, 2.05) is 24.0 Å². The molecule has 0 unspecified atom stereocenters. The first-order chi connectivity index (χ1) is 14.6. The van der Waals surface area contributed by atoms with Crippen molar-refractivity contribution in [2.24, 2.45) is 4.99 Å². The van der Waals surface area contributed by atoms with Crippen molar-refractivity contribution in [3.05, 3.63) is 23.8 Å². The Morgan fingerprint density at radius 3 is 2.52 bits per heavy atom. The number of aliphatic imine (C=N–C) groups is 1. The molecule has 1 aromatic rings. The summed E-state index contributed by atoms with van der Waals surface area (Å²) in [5.74, 6) is 1.58. The number of rotatable bonds is 6. The van der Waals surface area contributed by atoms with Gasteiger partial charge in [-0.05, 0) is 13.0 Å². The average Bonchev–Trinajstić information content (AvgIpc) is 2.78. The molecule has 10 heteroatoms. The van der Waals surface area contributed by atoms with Crippen LogP contribution in [0.25, 0.3) is 0 Å². The number of carbonyl (C=O) groups is 1. The minimum atomic E-state index is 0. The summed E-state index contributed by atoms with van der Waals surface area (Å²) in [4.78, 5) is 23.5. The van der Waals surface area contributed by atoms with Crippen LogP contribution in [0.1, 0.15) is 12.5 Å². The first-order valence-corrected chi connectivity index (χ1v) is 10.6. The van der Waals surface area contributed by atoms with Gasteiger partial charge in [0.15, 0.2) is 17.5 Å². The number of para-hydroxylation sites is 1. The maximum absolute atomic E-state index is 12.5. The summed E-state index contributed by atoms with van der Waals surface area (Å²) in [6, 6.07) is 5.42. The van der Waals surface area contributed by atoms with E-state index in [1.165, 1.54) is 7.11 Å². The van der Waals surface area contributed by atoms with Crippen molar-refractivity contribution in [1.29, 1.82) is 0 Å². The number of piperazine rings is 1. The number of hydrogen-bond acceptors (Lipinski definition) is 6. The van der Waals surface area contributed by atoms with Crippen LogP contribution in [-0.2, 0) is 16.1 Å². The van der Waals surface area contributed by atoms with Gasteiger partial charge in [0.1, 0.15) is 0 Å². The van der Waals surface area contributed by atoms with Crippen LogP contribution >= 0.6 is 24.0 Å². The highest BCUT2D eigenvalue weighted by molar-refractivity contribution is 14.0. The molecule has 9 nitrogen and oxygen atoms in total. The minimum Gasteiger partial charge on any atom is -0.504 e. The maximum Gasteiger partial charge on any atom is 0.236 e. The number of halogens is 1. The maximum atomic E-state index is 12.5. The van der Waals surface area contributed by atoms with E-state index in [2.05, 4.69) is 15.1 Å². The summed E-state index contributed by atoms with van der Waals surface area (Å²) < 4.78 is 10.5. The van der Waals surface area contributed by atoms with Crippen molar-refractivity contribution < 1.29 is 19.4 Å². The third-order valence-electron chi connectivity index (χ3n) is 5.43. The quantitative estimate of drug-likeness (QED) is 0.312. The predicted molar refractivity (Wildman–Crippen MR) is 130 cm³/mol. The van der Waals surface area contributed by atoms with Crippen LogP contribution < -0.4 is 10.1 Å². The van der Waals surface area contributed by atoms with Crippen LogP contribution in [-0.4, -0.2) is 104 Å². The van der Waals surface area contributed by atoms with Crippen LogP contribution in [0.2, 0.25) is 0 Å². The van der Waals surface area contributed by atoms with E-state index in [4.69, 9.17) is 14.5 Å². The molecule has 0 aliphatic carbocycles. The molecule has 0 bridgehead atoms. The topological polar surface area (TPSA) is 89.9 Å². The fourth-order valence-corrected chi connectivity index (χ4v) is 3.67. The standard InChI is InChI=1S/C21H33N5O4.HI/c1-3-22-21(23-15-17-5-4-6-18(29-2)20(17)28)26-9-7-24(8-10-26)16-19(27)25-11-13-30-14-12-25;/h4-6,28H,3,7-16H2,1-2H3,(H,22,23);1H. The number of guanidine groups is 1. The number of amides is 1. The van der Waals surface area contributed by atoms with E-state index in [9.17, 15) is 9.90 Å². The molecule has 2 heterocycles. The number of aromatic hydroxyl groups is 1. The number of benzene rings is 1. The Bertz CT molecular complexity index is 734. The highest BCUT2D eigenvalue weighted by Gasteiger charge is 2.24. The summed E-state index contributed by atoms with van der Waals surface area (Å²) in [7, 11) is 1.54. The number of nitrogens with one attached hydrogen (secondary N) is 1. The molecule has 2 fully saturated rings. The van der Waals surface area contributed by atoms with Gasteiger partial charge in [-0.1, -0.05) is 12.1 Å². The van der Waals surface area contributed by atoms with E-state index in [0.29, 0.717) is 45.1 Å². The number of ether oxygens (including phenoxy) is 2. The lowest BCUT2D eigenvalue weighted by Gasteiger charge is -2.37. The summed E-state index contributed by atoms with van der Waals surface area (Å²) in [6.07, 6.45) is 0. The summed E-state index contributed by atoms with van der Waals surface area (Å²) >= 11 is 0. The molecule has 0 aromatic heterocycles. The highest BCUT2D eigenvalue weighted by atomic mass is 127. The summed E-state index contributed by atoms with van der Waals surface area (Å²) in [6.45, 7) is 9.47. The zero-order chi connectivity index (χ0) is 21.3. The molecule has 0 saturated carbocycles. The molecular weight excluding hydrogens is 513 g/mol. The van der Waals surface area contributed by atoms with Gasteiger partial charge in [0.2, 0.25) is 5.91 Å². The number of nitrogens with zero attached hydrogens (tertiary/aromatic N) is 4. The lowest BCUT2D eigenvalue weighted by atomic mass is 10.2. The second-order valence-corrected chi connectivity index (χ2v) is 7.39. The number of hydrogen-bond donors (Lipinski definition) is 2. The molecule has 0 spiro atoms. The molecule has 1 aromatic carbocycles. The molecule has 0 radical (unpaired) electrons. The summed E-state index contributed by atoms with van der Waals surface area (Å²) in [5.41, 5.74) is 0.722. The van der Waals surface area contributed by atoms with Crippen molar-refractivity contribution in [3.63, 3.8) is 0 Å². The Morgan fingerprint density at radius 1 is 1.16 bits per heavy atom. The largest absolute Gasteiger partial charge is 0.504 e. The zero-order valence-corrected chi connectivity index (χ0v) is 20.7. The molecular formula is C21H34IN5O4. The lowest BCUT2D eigenvalue weighted by molar-refractivity contribution is -0.136.